The number of carbonyl (C=O) groups excluding carboxylic acids is 3. The van der Waals surface area contributed by atoms with Gasteiger partial charge in [-0.3, -0.25) is 14.4 Å². The SMILES string of the molecule is C=C(C)COc1ccc2nc3c(c(CNC(=O)CCCNC(=O)OC(C)(C)C)c2c1)Cn1c-3cc2c(c1=O)COC(=O)C2O.CC.O=CO. The minimum atomic E-state index is -1.56. The van der Waals surface area contributed by atoms with Crippen LogP contribution in [0.1, 0.15) is 82.7 Å². The molecule has 0 spiro atoms. The molecule has 264 valence electrons. The summed E-state index contributed by atoms with van der Waals surface area (Å²) in [5.41, 5.74) is 3.44. The highest BCUT2D eigenvalue weighted by Gasteiger charge is 2.34. The number of aliphatic hydroxyl groups is 1. The zero-order chi connectivity index (χ0) is 36.5. The molecule has 2 aliphatic rings. The third kappa shape index (κ3) is 9.44. The number of pyridine rings is 2. The lowest BCUT2D eigenvalue weighted by atomic mass is 9.98. The first-order valence-electron chi connectivity index (χ1n) is 15.9. The molecule has 2 amide bonds. The smallest absolute Gasteiger partial charge is 0.407 e. The van der Waals surface area contributed by atoms with Crippen molar-refractivity contribution in [2.24, 2.45) is 0 Å². The van der Waals surface area contributed by atoms with E-state index in [0.717, 1.165) is 22.1 Å². The molecule has 0 saturated carbocycles. The van der Waals surface area contributed by atoms with E-state index in [1.807, 2.05) is 32.9 Å². The van der Waals surface area contributed by atoms with Gasteiger partial charge in [0.2, 0.25) is 5.91 Å². The number of amides is 2. The lowest BCUT2D eigenvalue weighted by molar-refractivity contribution is -0.157. The van der Waals surface area contributed by atoms with Gasteiger partial charge in [0.15, 0.2) is 6.10 Å². The van der Waals surface area contributed by atoms with Gasteiger partial charge < -0.3 is 39.6 Å². The molecule has 49 heavy (non-hydrogen) atoms. The van der Waals surface area contributed by atoms with Crippen molar-refractivity contribution >= 4 is 35.3 Å². The van der Waals surface area contributed by atoms with Crippen molar-refractivity contribution in [1.82, 2.24) is 20.2 Å². The van der Waals surface area contributed by atoms with Crippen LogP contribution in [0.4, 0.5) is 4.79 Å². The maximum Gasteiger partial charge on any atom is 0.407 e. The van der Waals surface area contributed by atoms with Crippen LogP contribution in [0.2, 0.25) is 0 Å². The molecule has 0 radical (unpaired) electrons. The highest BCUT2D eigenvalue weighted by atomic mass is 16.6. The first kappa shape index (κ1) is 38.2. The van der Waals surface area contributed by atoms with Gasteiger partial charge in [-0.1, -0.05) is 20.4 Å². The summed E-state index contributed by atoms with van der Waals surface area (Å²) in [7, 11) is 0. The zero-order valence-corrected chi connectivity index (χ0v) is 28.7. The lowest BCUT2D eigenvalue weighted by Crippen LogP contribution is -2.33. The van der Waals surface area contributed by atoms with Crippen molar-refractivity contribution in [3.05, 3.63) is 69.0 Å². The molecule has 0 aliphatic carbocycles. The van der Waals surface area contributed by atoms with Gasteiger partial charge in [-0.2, -0.15) is 0 Å². The average molecular weight is 681 g/mol. The number of hydrogen-bond acceptors (Lipinski definition) is 10. The summed E-state index contributed by atoms with van der Waals surface area (Å²) in [4.78, 5) is 63.4. The van der Waals surface area contributed by atoms with E-state index in [9.17, 15) is 24.3 Å². The number of ether oxygens (including phenoxy) is 3. The van der Waals surface area contributed by atoms with Crippen LogP contribution in [0.25, 0.3) is 22.3 Å². The second-order valence-electron chi connectivity index (χ2n) is 12.1. The Morgan fingerprint density at radius 2 is 1.86 bits per heavy atom. The molecule has 14 nitrogen and oxygen atoms in total. The minimum Gasteiger partial charge on any atom is -0.489 e. The minimum absolute atomic E-state index is 0.149. The molecule has 0 fully saturated rings. The highest BCUT2D eigenvalue weighted by molar-refractivity contribution is 5.90. The number of esters is 1. The van der Waals surface area contributed by atoms with Crippen molar-refractivity contribution in [2.75, 3.05) is 13.2 Å². The van der Waals surface area contributed by atoms with Gasteiger partial charge in [-0.25, -0.2) is 14.6 Å². The molecule has 1 aromatic carbocycles. The molecule has 14 heteroatoms. The van der Waals surface area contributed by atoms with E-state index in [0.29, 0.717) is 35.7 Å². The summed E-state index contributed by atoms with van der Waals surface area (Å²) in [6.45, 7) is 15.6. The van der Waals surface area contributed by atoms with Gasteiger partial charge >= 0.3 is 12.1 Å². The van der Waals surface area contributed by atoms with E-state index in [4.69, 9.17) is 29.1 Å². The summed E-state index contributed by atoms with van der Waals surface area (Å²) in [5, 5.41) is 23.7. The van der Waals surface area contributed by atoms with Gasteiger partial charge in [0.25, 0.3) is 12.0 Å². The number of hydrogen-bond donors (Lipinski definition) is 4. The lowest BCUT2D eigenvalue weighted by Gasteiger charge is -2.21. The zero-order valence-electron chi connectivity index (χ0n) is 28.7. The molecule has 2 aromatic heterocycles. The topological polar surface area (TPSA) is 195 Å². The number of rotatable bonds is 9. The molecule has 4 heterocycles. The van der Waals surface area contributed by atoms with Crippen molar-refractivity contribution in [1.29, 1.82) is 0 Å². The standard InChI is InChI=1S/C32H36N4O8.C2H6.CH2O2/c1-17(2)15-42-18-8-9-24-19(11-18)21(13-34-26(37)7-6-10-33-31(41)44-32(3,4)5)22-14-36-25(27(22)35-24)12-20-23(29(36)39)16-43-30(40)28(20)38;1-2;2-1-3/h8-9,11-12,28,38H,1,6-7,10,13-16H2,2-5H3,(H,33,41)(H,34,37);1-2H3;1H,(H,2,3). The van der Waals surface area contributed by atoms with Crippen LogP contribution in [0.15, 0.2) is 41.2 Å². The van der Waals surface area contributed by atoms with Gasteiger partial charge in [-0.15, -0.1) is 0 Å². The number of aromatic nitrogens is 2. The van der Waals surface area contributed by atoms with Crippen LogP contribution in [-0.2, 0) is 43.6 Å². The molecule has 1 unspecified atom stereocenters. The van der Waals surface area contributed by atoms with Gasteiger partial charge in [-0.05, 0) is 69.5 Å². The number of aliphatic hydroxyl groups excluding tert-OH is 1. The number of alkyl carbamates (subject to hydrolysis) is 1. The van der Waals surface area contributed by atoms with Crippen LogP contribution in [0, 0.1) is 0 Å². The monoisotopic (exact) mass is 680 g/mol. The second-order valence-corrected chi connectivity index (χ2v) is 12.1. The van der Waals surface area contributed by atoms with E-state index >= 15 is 0 Å². The molecule has 1 atom stereocenters. The van der Waals surface area contributed by atoms with E-state index in [2.05, 4.69) is 17.2 Å². The Balaban J connectivity index is 0.00000123. The molecule has 4 N–H and O–H groups in total. The average Bonchev–Trinajstić information content (AvgIpc) is 3.41. The third-order valence-electron chi connectivity index (χ3n) is 7.24. The fourth-order valence-electron chi connectivity index (χ4n) is 5.21. The first-order chi connectivity index (χ1) is 23.2. The quantitative estimate of drug-likeness (QED) is 0.0859. The maximum absolute atomic E-state index is 13.5. The normalized spacial score (nSPS) is 13.9. The summed E-state index contributed by atoms with van der Waals surface area (Å²) in [5.74, 6) is -0.421. The number of fused-ring (bicyclic) bond motifs is 5. The fraction of sp³-hybridized carbons (Fsp3) is 0.429. The molecule has 0 bridgehead atoms. The maximum atomic E-state index is 13.5. The number of carbonyl (C=O) groups is 4. The Kier molecular flexibility index (Phi) is 13.0. The highest BCUT2D eigenvalue weighted by Crippen LogP contribution is 2.38. The Hall–Kier alpha value is -5.24. The van der Waals surface area contributed by atoms with E-state index < -0.39 is 23.8 Å². The van der Waals surface area contributed by atoms with E-state index in [-0.39, 0.29) is 61.7 Å². The van der Waals surface area contributed by atoms with Crippen molar-refractivity contribution in [2.45, 2.75) is 85.8 Å². The van der Waals surface area contributed by atoms with Crippen LogP contribution in [-0.4, -0.2) is 63.0 Å². The van der Waals surface area contributed by atoms with Crippen LogP contribution in [0.3, 0.4) is 0 Å². The molecule has 2 aliphatic heterocycles. The summed E-state index contributed by atoms with van der Waals surface area (Å²) in [6.07, 6.45) is -1.51. The Bertz CT molecular complexity index is 1790. The van der Waals surface area contributed by atoms with Gasteiger partial charge in [0.1, 0.15) is 24.6 Å². The largest absolute Gasteiger partial charge is 0.489 e. The molecule has 3 aromatic rings. The van der Waals surface area contributed by atoms with Crippen molar-refractivity contribution in [3.63, 3.8) is 0 Å². The van der Waals surface area contributed by atoms with E-state index in [1.54, 1.807) is 37.5 Å². The Morgan fingerprint density at radius 1 is 1.16 bits per heavy atom. The number of nitrogens with zero attached hydrogens (tertiary/aromatic N) is 2. The third-order valence-corrected chi connectivity index (χ3v) is 7.24. The summed E-state index contributed by atoms with van der Waals surface area (Å²) < 4.78 is 17.6. The fourth-order valence-corrected chi connectivity index (χ4v) is 5.21. The second kappa shape index (κ2) is 16.7. The number of carboxylic acid groups (broad SMARTS) is 1. The van der Waals surface area contributed by atoms with Gasteiger partial charge in [0, 0.05) is 36.0 Å². The van der Waals surface area contributed by atoms with Gasteiger partial charge in [0.05, 0.1) is 29.0 Å². The summed E-state index contributed by atoms with van der Waals surface area (Å²) >= 11 is 0. The molecule has 5 rings (SSSR count). The molecular formula is C35H44N4O10. The number of nitrogens with one attached hydrogen (secondary N) is 2. The predicted molar refractivity (Wildman–Crippen MR) is 181 cm³/mol. The molecule has 0 saturated heterocycles. The number of benzene rings is 1. The van der Waals surface area contributed by atoms with Crippen molar-refractivity contribution in [3.8, 4) is 17.1 Å². The first-order valence-corrected chi connectivity index (χ1v) is 15.9. The van der Waals surface area contributed by atoms with Crippen LogP contribution >= 0.6 is 0 Å². The van der Waals surface area contributed by atoms with Crippen LogP contribution < -0.4 is 20.9 Å². The Morgan fingerprint density at radius 3 is 2.51 bits per heavy atom. The Labute approximate surface area is 284 Å². The molecular weight excluding hydrogens is 636 g/mol. The number of cyclic esters (lactones) is 1. The van der Waals surface area contributed by atoms with E-state index in [1.165, 1.54) is 0 Å². The van der Waals surface area contributed by atoms with Crippen molar-refractivity contribution < 1.29 is 43.6 Å². The summed E-state index contributed by atoms with van der Waals surface area (Å²) in [6, 6.07) is 7.07. The van der Waals surface area contributed by atoms with Crippen LogP contribution in [0.5, 0.6) is 5.75 Å². The predicted octanol–water partition coefficient (Wildman–Crippen LogP) is 4.12.